The Hall–Kier alpha value is -2.09. The van der Waals surface area contributed by atoms with Crippen molar-refractivity contribution in [2.24, 2.45) is 0 Å². The number of anilines is 1. The van der Waals surface area contributed by atoms with Crippen molar-refractivity contribution in [3.05, 3.63) is 70.7 Å². The highest BCUT2D eigenvalue weighted by Crippen LogP contribution is 2.26. The van der Waals surface area contributed by atoms with Crippen molar-refractivity contribution in [3.63, 3.8) is 0 Å². The van der Waals surface area contributed by atoms with E-state index in [0.717, 1.165) is 15.0 Å². The maximum atomic E-state index is 12.2. The molecular formula is C19H19ClN4OS2. The van der Waals surface area contributed by atoms with Gasteiger partial charge in [-0.15, -0.1) is 10.2 Å². The summed E-state index contributed by atoms with van der Waals surface area (Å²) >= 11 is 8.98. The maximum absolute atomic E-state index is 12.2. The summed E-state index contributed by atoms with van der Waals surface area (Å²) in [6.07, 6.45) is 0. The zero-order valence-corrected chi connectivity index (χ0v) is 17.1. The molecule has 8 heteroatoms. The number of carbonyl (C=O) groups is 1. The van der Waals surface area contributed by atoms with E-state index in [4.69, 9.17) is 11.6 Å². The van der Waals surface area contributed by atoms with Gasteiger partial charge in [0.1, 0.15) is 0 Å². The average Bonchev–Trinajstić information content (AvgIpc) is 3.14. The number of hydrogen-bond acceptors (Lipinski definition) is 6. The number of amides is 1. The standard InChI is InChI=1S/C19H19ClN4OS2/c1-13(15-9-5-6-10-16(15)20)22-17(25)12-26-19-24-23-18(27-19)21-11-14-7-3-2-4-8-14/h2-10,13H,11-12H2,1H3,(H,21,23)(H,22,25)/t13-/m0/s1. The van der Waals surface area contributed by atoms with Gasteiger partial charge >= 0.3 is 0 Å². The Labute approximate surface area is 171 Å². The number of rotatable bonds is 8. The molecule has 27 heavy (non-hydrogen) atoms. The second-order valence-corrected chi connectivity index (χ2v) is 8.42. The van der Waals surface area contributed by atoms with Gasteiger partial charge in [-0.25, -0.2) is 0 Å². The van der Waals surface area contributed by atoms with Crippen LogP contribution in [0.1, 0.15) is 24.1 Å². The Morgan fingerprint density at radius 1 is 1.15 bits per heavy atom. The third kappa shape index (κ3) is 5.95. The summed E-state index contributed by atoms with van der Waals surface area (Å²) in [7, 11) is 0. The van der Waals surface area contributed by atoms with Crippen LogP contribution in [0.2, 0.25) is 5.02 Å². The molecule has 0 spiro atoms. The first-order valence-corrected chi connectivity index (χ1v) is 10.6. The molecule has 0 bridgehead atoms. The predicted octanol–water partition coefficient (Wildman–Crippen LogP) is 4.77. The van der Waals surface area contributed by atoms with Crippen molar-refractivity contribution in [1.82, 2.24) is 15.5 Å². The number of hydrogen-bond donors (Lipinski definition) is 2. The van der Waals surface area contributed by atoms with E-state index >= 15 is 0 Å². The molecule has 0 aliphatic heterocycles. The zero-order chi connectivity index (χ0) is 19.1. The lowest BCUT2D eigenvalue weighted by Gasteiger charge is -2.15. The molecule has 0 aliphatic carbocycles. The number of halogens is 1. The largest absolute Gasteiger partial charge is 0.356 e. The second kappa shape index (κ2) is 9.73. The van der Waals surface area contributed by atoms with Crippen LogP contribution >= 0.6 is 34.7 Å². The van der Waals surface area contributed by atoms with E-state index in [0.29, 0.717) is 11.6 Å². The highest BCUT2D eigenvalue weighted by atomic mass is 35.5. The van der Waals surface area contributed by atoms with Crippen molar-refractivity contribution in [2.45, 2.75) is 23.8 Å². The lowest BCUT2D eigenvalue weighted by molar-refractivity contribution is -0.119. The quantitative estimate of drug-likeness (QED) is 0.515. The highest BCUT2D eigenvalue weighted by Gasteiger charge is 2.13. The summed E-state index contributed by atoms with van der Waals surface area (Å²) in [5.74, 6) is 0.212. The van der Waals surface area contributed by atoms with Crippen molar-refractivity contribution >= 4 is 45.7 Å². The van der Waals surface area contributed by atoms with Gasteiger partial charge in [-0.1, -0.05) is 83.2 Å². The summed E-state index contributed by atoms with van der Waals surface area (Å²) < 4.78 is 0.756. The van der Waals surface area contributed by atoms with Gasteiger partial charge in [-0.05, 0) is 24.1 Å². The van der Waals surface area contributed by atoms with Crippen LogP contribution in [0.3, 0.4) is 0 Å². The summed E-state index contributed by atoms with van der Waals surface area (Å²) in [5, 5.41) is 15.8. The van der Waals surface area contributed by atoms with E-state index < -0.39 is 0 Å². The summed E-state index contributed by atoms with van der Waals surface area (Å²) in [5.41, 5.74) is 2.08. The third-order valence-corrected chi connectivity index (χ3v) is 6.13. The van der Waals surface area contributed by atoms with Gasteiger partial charge < -0.3 is 10.6 Å². The molecule has 1 heterocycles. The van der Waals surface area contributed by atoms with Gasteiger partial charge in [0.05, 0.1) is 11.8 Å². The number of nitrogens with one attached hydrogen (secondary N) is 2. The molecule has 0 saturated carbocycles. The summed E-state index contributed by atoms with van der Waals surface area (Å²) in [6.45, 7) is 2.61. The molecule has 3 rings (SSSR count). The number of benzene rings is 2. The first-order chi connectivity index (χ1) is 13.1. The predicted molar refractivity (Wildman–Crippen MR) is 112 cm³/mol. The third-order valence-electron chi connectivity index (χ3n) is 3.77. The Morgan fingerprint density at radius 2 is 1.89 bits per heavy atom. The fourth-order valence-corrected chi connectivity index (χ4v) is 4.29. The summed E-state index contributed by atoms with van der Waals surface area (Å²) in [4.78, 5) is 12.2. The Balaban J connectivity index is 1.45. The van der Waals surface area contributed by atoms with Crippen LogP contribution in [0.15, 0.2) is 58.9 Å². The topological polar surface area (TPSA) is 66.9 Å². The molecule has 0 fully saturated rings. The van der Waals surface area contributed by atoms with Gasteiger partial charge in [0.25, 0.3) is 0 Å². The van der Waals surface area contributed by atoms with Crippen LogP contribution in [0, 0.1) is 0 Å². The first kappa shape index (κ1) is 19.7. The number of nitrogens with zero attached hydrogens (tertiary/aromatic N) is 2. The average molecular weight is 419 g/mol. The molecule has 0 unspecified atom stereocenters. The SMILES string of the molecule is C[C@H](NC(=O)CSc1nnc(NCc2ccccc2)s1)c1ccccc1Cl. The van der Waals surface area contributed by atoms with Crippen LogP contribution in [0.5, 0.6) is 0 Å². The monoisotopic (exact) mass is 418 g/mol. The van der Waals surface area contributed by atoms with Gasteiger partial charge in [0, 0.05) is 11.6 Å². The minimum Gasteiger partial charge on any atom is -0.356 e. The molecule has 2 aromatic carbocycles. The van der Waals surface area contributed by atoms with Crippen LogP contribution in [-0.2, 0) is 11.3 Å². The fraction of sp³-hybridized carbons (Fsp3) is 0.211. The number of thioether (sulfide) groups is 1. The van der Waals surface area contributed by atoms with Gasteiger partial charge in [-0.2, -0.15) is 0 Å². The minimum atomic E-state index is -0.149. The fourth-order valence-electron chi connectivity index (χ4n) is 2.43. The smallest absolute Gasteiger partial charge is 0.230 e. The normalized spacial score (nSPS) is 11.8. The molecule has 0 radical (unpaired) electrons. The molecule has 0 saturated heterocycles. The first-order valence-electron chi connectivity index (χ1n) is 8.39. The maximum Gasteiger partial charge on any atom is 0.230 e. The van der Waals surface area contributed by atoms with Crippen molar-refractivity contribution in [1.29, 1.82) is 0 Å². The lowest BCUT2D eigenvalue weighted by atomic mass is 10.1. The van der Waals surface area contributed by atoms with E-state index in [-0.39, 0.29) is 17.7 Å². The molecule has 1 amide bonds. The Morgan fingerprint density at radius 3 is 2.67 bits per heavy atom. The Bertz CT molecular complexity index is 888. The molecule has 1 aromatic heterocycles. The molecule has 3 aromatic rings. The van der Waals surface area contributed by atoms with Crippen LogP contribution < -0.4 is 10.6 Å². The number of carbonyl (C=O) groups excluding carboxylic acids is 1. The van der Waals surface area contributed by atoms with Gasteiger partial charge in [0.15, 0.2) is 4.34 Å². The van der Waals surface area contributed by atoms with Crippen molar-refractivity contribution < 1.29 is 4.79 Å². The molecule has 0 aliphatic rings. The van der Waals surface area contributed by atoms with Crippen molar-refractivity contribution in [2.75, 3.05) is 11.1 Å². The number of aromatic nitrogens is 2. The molecule has 2 N–H and O–H groups in total. The minimum absolute atomic E-state index is 0.0681. The van der Waals surface area contributed by atoms with E-state index in [9.17, 15) is 4.79 Å². The molecule has 1 atom stereocenters. The molecule has 140 valence electrons. The lowest BCUT2D eigenvalue weighted by Crippen LogP contribution is -2.28. The van der Waals surface area contributed by atoms with Gasteiger partial charge in [0.2, 0.25) is 11.0 Å². The second-order valence-electron chi connectivity index (χ2n) is 5.81. The van der Waals surface area contributed by atoms with E-state index in [2.05, 4.69) is 20.8 Å². The van der Waals surface area contributed by atoms with Gasteiger partial charge in [-0.3, -0.25) is 4.79 Å². The van der Waals surface area contributed by atoms with Crippen LogP contribution in [0.25, 0.3) is 0 Å². The molecular weight excluding hydrogens is 400 g/mol. The molecule has 5 nitrogen and oxygen atoms in total. The van der Waals surface area contributed by atoms with E-state index in [1.165, 1.54) is 28.7 Å². The zero-order valence-electron chi connectivity index (χ0n) is 14.7. The Kier molecular flexibility index (Phi) is 7.09. The van der Waals surface area contributed by atoms with E-state index in [1.54, 1.807) is 0 Å². The van der Waals surface area contributed by atoms with Crippen molar-refractivity contribution in [3.8, 4) is 0 Å². The van der Waals surface area contributed by atoms with Crippen LogP contribution in [-0.4, -0.2) is 21.9 Å². The van der Waals surface area contributed by atoms with Crippen LogP contribution in [0.4, 0.5) is 5.13 Å². The van der Waals surface area contributed by atoms with E-state index in [1.807, 2.05) is 61.5 Å². The summed E-state index contributed by atoms with van der Waals surface area (Å²) in [6, 6.07) is 17.4. The highest BCUT2D eigenvalue weighted by molar-refractivity contribution is 8.01.